The Morgan fingerprint density at radius 3 is 0.813 bits per heavy atom. The van der Waals surface area contributed by atoms with E-state index in [0.29, 0.717) is 19.3 Å². The second-order valence-electron chi connectivity index (χ2n) is 21.3. The van der Waals surface area contributed by atoms with Crippen LogP contribution >= 0.6 is 0 Å². The van der Waals surface area contributed by atoms with Gasteiger partial charge in [-0.2, -0.15) is 0 Å². The molecule has 75 heavy (non-hydrogen) atoms. The Morgan fingerprint density at radius 2 is 0.520 bits per heavy atom. The van der Waals surface area contributed by atoms with Gasteiger partial charge in [0.1, 0.15) is 13.2 Å². The summed E-state index contributed by atoms with van der Waals surface area (Å²) < 4.78 is 16.9. The Hall–Kier alpha value is -3.41. The maximum atomic E-state index is 12.8. The van der Waals surface area contributed by atoms with E-state index in [-0.39, 0.29) is 31.1 Å². The first-order valence-corrected chi connectivity index (χ1v) is 32.1. The fourth-order valence-corrected chi connectivity index (χ4v) is 9.13. The van der Waals surface area contributed by atoms with Crippen molar-refractivity contribution in [1.82, 2.24) is 0 Å². The Labute approximate surface area is 465 Å². The van der Waals surface area contributed by atoms with Crippen LogP contribution in [0.2, 0.25) is 0 Å². The Kier molecular flexibility index (Phi) is 60.3. The Bertz CT molecular complexity index is 1430. The summed E-state index contributed by atoms with van der Waals surface area (Å²) in [4.78, 5) is 38.2. The molecule has 0 heterocycles. The third-order valence-corrected chi connectivity index (χ3v) is 13.9. The lowest BCUT2D eigenvalue weighted by Gasteiger charge is -2.18. The van der Waals surface area contributed by atoms with Crippen LogP contribution < -0.4 is 0 Å². The number of carbonyl (C=O) groups excluding carboxylic acids is 3. The molecule has 432 valence electrons. The number of unbranched alkanes of at least 4 members (excludes halogenated alkanes) is 33. The van der Waals surface area contributed by atoms with Crippen LogP contribution in [0, 0.1) is 0 Å². The highest BCUT2D eigenvalue weighted by molar-refractivity contribution is 5.71. The highest BCUT2D eigenvalue weighted by atomic mass is 16.6. The number of esters is 3. The summed E-state index contributed by atoms with van der Waals surface area (Å²) in [7, 11) is 0. The molecule has 0 spiro atoms. The van der Waals surface area contributed by atoms with E-state index in [4.69, 9.17) is 14.2 Å². The van der Waals surface area contributed by atoms with E-state index < -0.39 is 6.10 Å². The maximum Gasteiger partial charge on any atom is 0.306 e. The minimum Gasteiger partial charge on any atom is -0.462 e. The molecule has 0 amide bonds. The van der Waals surface area contributed by atoms with Gasteiger partial charge < -0.3 is 14.2 Å². The van der Waals surface area contributed by atoms with Crippen molar-refractivity contribution >= 4 is 17.9 Å². The van der Waals surface area contributed by atoms with E-state index in [0.717, 1.165) is 103 Å². The SMILES string of the molecule is CC/C=C\C/C=C\C/C=C\C/C=C\C/C=C\C/C=C\C/C=C\CCCCCCCCCCCCCC(=O)OCC(COC(=O)CCCCCCCCCCCCCC)OC(=O)CCCCCCCCCCCCCC. The Morgan fingerprint density at radius 1 is 0.280 bits per heavy atom. The van der Waals surface area contributed by atoms with Crippen molar-refractivity contribution in [3.63, 3.8) is 0 Å². The molecule has 0 rings (SSSR count). The van der Waals surface area contributed by atoms with Gasteiger partial charge in [0.2, 0.25) is 0 Å². The van der Waals surface area contributed by atoms with Gasteiger partial charge in [0, 0.05) is 19.3 Å². The van der Waals surface area contributed by atoms with Crippen LogP contribution in [-0.2, 0) is 28.6 Å². The molecule has 0 aliphatic carbocycles. The summed E-state index contributed by atoms with van der Waals surface area (Å²) in [6.45, 7) is 6.54. The average molecular weight is 1050 g/mol. The molecule has 6 nitrogen and oxygen atoms in total. The van der Waals surface area contributed by atoms with Crippen molar-refractivity contribution in [3.05, 3.63) is 85.1 Å². The molecule has 0 aromatic rings. The molecule has 0 radical (unpaired) electrons. The van der Waals surface area contributed by atoms with Crippen molar-refractivity contribution in [2.45, 2.75) is 322 Å². The van der Waals surface area contributed by atoms with Crippen LogP contribution in [0.3, 0.4) is 0 Å². The zero-order chi connectivity index (χ0) is 54.3. The van der Waals surface area contributed by atoms with Gasteiger partial charge in [0.15, 0.2) is 6.10 Å². The van der Waals surface area contributed by atoms with Crippen molar-refractivity contribution in [1.29, 1.82) is 0 Å². The maximum absolute atomic E-state index is 12.8. The molecule has 0 aliphatic heterocycles. The third kappa shape index (κ3) is 61.3. The van der Waals surface area contributed by atoms with E-state index in [9.17, 15) is 14.4 Å². The quantitative estimate of drug-likeness (QED) is 0.0261. The molecule has 0 saturated heterocycles. The van der Waals surface area contributed by atoms with Crippen molar-refractivity contribution in [2.24, 2.45) is 0 Å². The molecular formula is C69H120O6. The average Bonchev–Trinajstić information content (AvgIpc) is 3.41. The molecule has 0 aliphatic rings. The highest BCUT2D eigenvalue weighted by Gasteiger charge is 2.19. The summed E-state index contributed by atoms with van der Waals surface area (Å²) >= 11 is 0. The van der Waals surface area contributed by atoms with E-state index in [1.807, 2.05) is 0 Å². The Balaban J connectivity index is 4.14. The lowest BCUT2D eigenvalue weighted by Crippen LogP contribution is -2.30. The van der Waals surface area contributed by atoms with Crippen LogP contribution in [-0.4, -0.2) is 37.2 Å². The van der Waals surface area contributed by atoms with Crippen LogP contribution in [0.25, 0.3) is 0 Å². The van der Waals surface area contributed by atoms with Crippen LogP contribution in [0.4, 0.5) is 0 Å². The van der Waals surface area contributed by atoms with Crippen LogP contribution in [0.15, 0.2) is 85.1 Å². The predicted molar refractivity (Wildman–Crippen MR) is 325 cm³/mol. The zero-order valence-corrected chi connectivity index (χ0v) is 49.6. The monoisotopic (exact) mass is 1040 g/mol. The zero-order valence-electron chi connectivity index (χ0n) is 49.6. The third-order valence-electron chi connectivity index (χ3n) is 13.9. The standard InChI is InChI=1S/C69H120O6/c1-4-7-10-13-16-19-22-25-26-27-28-29-30-31-32-33-34-35-36-37-38-39-40-41-42-43-44-45-48-50-53-56-59-62-68(71)74-65-66(75-69(72)63-60-57-54-51-47-24-21-18-15-12-9-6-3)64-73-67(70)61-58-55-52-49-46-23-20-17-14-11-8-5-2/h7,10,16,19,25-26,28-29,31-32,34-35,37-38,66H,4-6,8-9,11-15,17-18,20-24,27,30,33,36,39-65H2,1-3H3/b10-7-,19-16-,26-25-,29-28-,32-31-,35-34-,38-37-. The molecule has 1 atom stereocenters. The molecular weight excluding hydrogens is 925 g/mol. The van der Waals surface area contributed by atoms with Crippen molar-refractivity contribution in [3.8, 4) is 0 Å². The number of hydrogen-bond donors (Lipinski definition) is 0. The number of allylic oxidation sites excluding steroid dienone is 14. The molecule has 0 aromatic carbocycles. The lowest BCUT2D eigenvalue weighted by molar-refractivity contribution is -0.167. The van der Waals surface area contributed by atoms with Crippen molar-refractivity contribution < 1.29 is 28.6 Å². The first kappa shape index (κ1) is 71.6. The first-order chi connectivity index (χ1) is 37.0. The van der Waals surface area contributed by atoms with Crippen LogP contribution in [0.5, 0.6) is 0 Å². The molecule has 1 unspecified atom stereocenters. The molecule has 6 heteroatoms. The molecule has 0 aromatic heterocycles. The summed E-state index contributed by atoms with van der Waals surface area (Å²) in [5.74, 6) is -0.861. The lowest BCUT2D eigenvalue weighted by atomic mass is 10.0. The van der Waals surface area contributed by atoms with Gasteiger partial charge in [-0.1, -0.05) is 305 Å². The van der Waals surface area contributed by atoms with Gasteiger partial charge in [0.25, 0.3) is 0 Å². The fraction of sp³-hybridized carbons (Fsp3) is 0.754. The normalized spacial score (nSPS) is 12.6. The molecule has 0 fully saturated rings. The number of hydrogen-bond acceptors (Lipinski definition) is 6. The second kappa shape index (κ2) is 63.1. The molecule has 0 saturated carbocycles. The smallest absolute Gasteiger partial charge is 0.306 e. The van der Waals surface area contributed by atoms with Crippen LogP contribution in [0.1, 0.15) is 316 Å². The van der Waals surface area contributed by atoms with Gasteiger partial charge in [-0.3, -0.25) is 14.4 Å². The first-order valence-electron chi connectivity index (χ1n) is 32.1. The van der Waals surface area contributed by atoms with Gasteiger partial charge in [-0.25, -0.2) is 0 Å². The second-order valence-corrected chi connectivity index (χ2v) is 21.3. The number of ether oxygens (including phenoxy) is 3. The molecule has 0 N–H and O–H groups in total. The molecule has 0 bridgehead atoms. The fourth-order valence-electron chi connectivity index (χ4n) is 9.13. The summed E-state index contributed by atoms with van der Waals surface area (Å²) in [6.07, 6.45) is 83.1. The summed E-state index contributed by atoms with van der Waals surface area (Å²) in [5, 5.41) is 0. The van der Waals surface area contributed by atoms with Gasteiger partial charge in [0.05, 0.1) is 0 Å². The summed E-state index contributed by atoms with van der Waals surface area (Å²) in [5.41, 5.74) is 0. The number of rotatable bonds is 58. The van der Waals surface area contributed by atoms with Gasteiger partial charge >= 0.3 is 17.9 Å². The van der Waals surface area contributed by atoms with Crippen molar-refractivity contribution in [2.75, 3.05) is 13.2 Å². The van der Waals surface area contributed by atoms with E-state index >= 15 is 0 Å². The van der Waals surface area contributed by atoms with Gasteiger partial charge in [-0.15, -0.1) is 0 Å². The summed E-state index contributed by atoms with van der Waals surface area (Å²) in [6, 6.07) is 0. The van der Waals surface area contributed by atoms with E-state index in [1.54, 1.807) is 0 Å². The highest BCUT2D eigenvalue weighted by Crippen LogP contribution is 2.17. The largest absolute Gasteiger partial charge is 0.462 e. The predicted octanol–water partition coefficient (Wildman–Crippen LogP) is 21.9. The van der Waals surface area contributed by atoms with E-state index in [2.05, 4.69) is 106 Å². The topological polar surface area (TPSA) is 78.9 Å². The minimum atomic E-state index is -0.772. The van der Waals surface area contributed by atoms with E-state index in [1.165, 1.54) is 173 Å². The van der Waals surface area contributed by atoms with Gasteiger partial charge in [-0.05, 0) is 77.0 Å². The number of carbonyl (C=O) groups is 3. The minimum absolute atomic E-state index is 0.0712.